The minimum atomic E-state index is -0.192. The molecule has 0 N–H and O–H groups in total. The molecule has 0 spiro atoms. The molecule has 4 heterocycles. The summed E-state index contributed by atoms with van der Waals surface area (Å²) in [4.78, 5) is 19.0. The first-order valence-electron chi connectivity index (χ1n) is 11.1. The number of nitriles is 1. The minimum Gasteiger partial charge on any atom is -0.467 e. The van der Waals surface area contributed by atoms with Crippen LogP contribution < -0.4 is 0 Å². The zero-order chi connectivity index (χ0) is 22.6. The number of nitrogens with zero attached hydrogens (tertiary/aromatic N) is 5. The summed E-state index contributed by atoms with van der Waals surface area (Å²) >= 11 is 1.64. The van der Waals surface area contributed by atoms with E-state index in [9.17, 15) is 4.79 Å². The lowest BCUT2D eigenvalue weighted by Crippen LogP contribution is -2.49. The summed E-state index contributed by atoms with van der Waals surface area (Å²) in [5.74, 6) is 0.773. The SMILES string of the molecule is N#Cc1ccc(CN2CCN(CC(=O)N3N=C(c4cccs4)CC3c3ccco3)CC2)cc1. The molecular formula is C25H25N5O2S. The number of hydrogen-bond donors (Lipinski definition) is 0. The van der Waals surface area contributed by atoms with Gasteiger partial charge in [0.2, 0.25) is 0 Å². The fraction of sp³-hybridized carbons (Fsp3) is 0.320. The fourth-order valence-corrected chi connectivity index (χ4v) is 5.07. The smallest absolute Gasteiger partial charge is 0.257 e. The second kappa shape index (κ2) is 9.71. The molecule has 1 aromatic carbocycles. The number of furan rings is 1. The molecule has 8 heteroatoms. The molecule has 1 amide bonds. The number of benzene rings is 1. The zero-order valence-corrected chi connectivity index (χ0v) is 19.1. The van der Waals surface area contributed by atoms with Crippen molar-refractivity contribution in [2.45, 2.75) is 19.0 Å². The van der Waals surface area contributed by atoms with Crippen LogP contribution in [0, 0.1) is 11.3 Å². The highest BCUT2D eigenvalue weighted by Gasteiger charge is 2.36. The Balaban J connectivity index is 1.19. The number of amides is 1. The van der Waals surface area contributed by atoms with Gasteiger partial charge in [-0.25, -0.2) is 5.01 Å². The van der Waals surface area contributed by atoms with Gasteiger partial charge in [0, 0.05) is 39.1 Å². The molecule has 0 radical (unpaired) electrons. The highest BCUT2D eigenvalue weighted by atomic mass is 32.1. The molecule has 2 aromatic heterocycles. The van der Waals surface area contributed by atoms with Crippen LogP contribution in [0.1, 0.15) is 34.2 Å². The van der Waals surface area contributed by atoms with Gasteiger partial charge in [0.15, 0.2) is 0 Å². The molecule has 1 saturated heterocycles. The molecule has 33 heavy (non-hydrogen) atoms. The predicted molar refractivity (Wildman–Crippen MR) is 127 cm³/mol. The van der Waals surface area contributed by atoms with Crippen LogP contribution in [0.15, 0.2) is 69.7 Å². The van der Waals surface area contributed by atoms with Gasteiger partial charge in [0.05, 0.1) is 35.0 Å². The van der Waals surface area contributed by atoms with Crippen molar-refractivity contribution in [2.75, 3.05) is 32.7 Å². The van der Waals surface area contributed by atoms with Crippen LogP contribution >= 0.6 is 11.3 Å². The van der Waals surface area contributed by atoms with Crippen LogP contribution in [0.3, 0.4) is 0 Å². The number of hydrogen-bond acceptors (Lipinski definition) is 7. The first-order chi connectivity index (χ1) is 16.2. The molecule has 1 atom stereocenters. The summed E-state index contributed by atoms with van der Waals surface area (Å²) < 4.78 is 5.64. The molecular weight excluding hydrogens is 434 g/mol. The van der Waals surface area contributed by atoms with Crippen LogP contribution in [0.25, 0.3) is 0 Å². The fourth-order valence-electron chi connectivity index (χ4n) is 4.35. The average molecular weight is 460 g/mol. The van der Waals surface area contributed by atoms with Gasteiger partial charge >= 0.3 is 0 Å². The van der Waals surface area contributed by atoms with Gasteiger partial charge in [-0.2, -0.15) is 10.4 Å². The second-order valence-corrected chi connectivity index (χ2v) is 9.31. The van der Waals surface area contributed by atoms with Crippen molar-refractivity contribution < 1.29 is 9.21 Å². The van der Waals surface area contributed by atoms with E-state index in [1.165, 1.54) is 5.56 Å². The van der Waals surface area contributed by atoms with Gasteiger partial charge in [-0.1, -0.05) is 18.2 Å². The van der Waals surface area contributed by atoms with Crippen LogP contribution in [0.2, 0.25) is 0 Å². The van der Waals surface area contributed by atoms with Gasteiger partial charge in [-0.3, -0.25) is 14.6 Å². The van der Waals surface area contributed by atoms with Crippen molar-refractivity contribution in [3.05, 3.63) is 81.9 Å². The maximum Gasteiger partial charge on any atom is 0.257 e. The van der Waals surface area contributed by atoms with Crippen molar-refractivity contribution in [3.8, 4) is 6.07 Å². The van der Waals surface area contributed by atoms with Crippen molar-refractivity contribution >= 4 is 23.0 Å². The van der Waals surface area contributed by atoms with Gasteiger partial charge in [0.25, 0.3) is 5.91 Å². The van der Waals surface area contributed by atoms with E-state index >= 15 is 0 Å². The summed E-state index contributed by atoms with van der Waals surface area (Å²) in [7, 11) is 0. The lowest BCUT2D eigenvalue weighted by atomic mass is 10.1. The summed E-state index contributed by atoms with van der Waals surface area (Å²) in [6, 6.07) is 17.5. The maximum atomic E-state index is 13.3. The minimum absolute atomic E-state index is 0.00324. The lowest BCUT2D eigenvalue weighted by Gasteiger charge is -2.35. The molecule has 2 aliphatic rings. The molecule has 2 aliphatic heterocycles. The largest absolute Gasteiger partial charge is 0.467 e. The summed E-state index contributed by atoms with van der Waals surface area (Å²) in [5.41, 5.74) is 2.82. The first kappa shape index (κ1) is 21.6. The van der Waals surface area contributed by atoms with Crippen LogP contribution in [0.4, 0.5) is 0 Å². The lowest BCUT2D eigenvalue weighted by molar-refractivity contribution is -0.135. The molecule has 7 nitrogen and oxygen atoms in total. The van der Waals surface area contributed by atoms with E-state index in [0.29, 0.717) is 18.5 Å². The number of rotatable bonds is 6. The third-order valence-corrected chi connectivity index (χ3v) is 7.07. The predicted octanol–water partition coefficient (Wildman–Crippen LogP) is 3.71. The van der Waals surface area contributed by atoms with E-state index in [-0.39, 0.29) is 11.9 Å². The topological polar surface area (TPSA) is 76.1 Å². The molecule has 0 bridgehead atoms. The Morgan fingerprint density at radius 3 is 2.55 bits per heavy atom. The Morgan fingerprint density at radius 2 is 1.88 bits per heavy atom. The van der Waals surface area contributed by atoms with Crippen molar-refractivity contribution in [1.82, 2.24) is 14.8 Å². The maximum absolute atomic E-state index is 13.3. The number of carbonyl (C=O) groups excluding carboxylic acids is 1. The molecule has 3 aromatic rings. The van der Waals surface area contributed by atoms with Crippen molar-refractivity contribution in [3.63, 3.8) is 0 Å². The Bertz CT molecular complexity index is 1140. The molecule has 5 rings (SSSR count). The average Bonchev–Trinajstić information content (AvgIpc) is 3.62. The quantitative estimate of drug-likeness (QED) is 0.562. The monoisotopic (exact) mass is 459 g/mol. The summed E-state index contributed by atoms with van der Waals surface area (Å²) in [6.07, 6.45) is 2.31. The molecule has 1 fully saturated rings. The Morgan fingerprint density at radius 1 is 1.09 bits per heavy atom. The van der Waals surface area contributed by atoms with Crippen molar-refractivity contribution in [1.29, 1.82) is 5.26 Å². The van der Waals surface area contributed by atoms with Crippen LogP contribution in [-0.2, 0) is 11.3 Å². The Hall–Kier alpha value is -3.25. The molecule has 168 valence electrons. The second-order valence-electron chi connectivity index (χ2n) is 8.36. The molecule has 1 unspecified atom stereocenters. The first-order valence-corrected chi connectivity index (χ1v) is 12.0. The van der Waals surface area contributed by atoms with E-state index in [0.717, 1.165) is 49.1 Å². The third kappa shape index (κ3) is 4.91. The number of thiophene rings is 1. The van der Waals surface area contributed by atoms with Gasteiger partial charge in [-0.15, -0.1) is 11.3 Å². The highest BCUT2D eigenvalue weighted by molar-refractivity contribution is 7.12. The number of piperazine rings is 1. The van der Waals surface area contributed by atoms with Crippen molar-refractivity contribution in [2.24, 2.45) is 5.10 Å². The molecule has 0 aliphatic carbocycles. The van der Waals surface area contributed by atoms with E-state index in [1.54, 1.807) is 22.6 Å². The summed E-state index contributed by atoms with van der Waals surface area (Å²) in [6.45, 7) is 4.68. The summed E-state index contributed by atoms with van der Waals surface area (Å²) in [5, 5.41) is 17.3. The van der Waals surface area contributed by atoms with Gasteiger partial charge in [0.1, 0.15) is 11.8 Å². The molecule has 0 saturated carbocycles. The normalized spacial score (nSPS) is 19.4. The Labute approximate surface area is 197 Å². The third-order valence-electron chi connectivity index (χ3n) is 6.16. The Kier molecular flexibility index (Phi) is 6.35. The number of hydrazone groups is 1. The van der Waals surface area contributed by atoms with Crippen LogP contribution in [-0.4, -0.2) is 59.2 Å². The zero-order valence-electron chi connectivity index (χ0n) is 18.3. The standard InChI is InChI=1S/C25H25N5O2S/c26-16-19-5-7-20(8-6-19)17-28-9-11-29(12-10-28)18-25(31)30-22(23-3-1-13-32-23)15-21(27-30)24-4-2-14-33-24/h1-8,13-14,22H,9-12,15,17-18H2. The van der Waals surface area contributed by atoms with Gasteiger partial charge < -0.3 is 4.42 Å². The van der Waals surface area contributed by atoms with E-state index in [1.807, 2.05) is 53.9 Å². The highest BCUT2D eigenvalue weighted by Crippen LogP contribution is 2.34. The van der Waals surface area contributed by atoms with Crippen LogP contribution in [0.5, 0.6) is 0 Å². The van der Waals surface area contributed by atoms with E-state index in [2.05, 4.69) is 15.9 Å². The van der Waals surface area contributed by atoms with E-state index in [4.69, 9.17) is 14.8 Å². The number of carbonyl (C=O) groups is 1. The van der Waals surface area contributed by atoms with Gasteiger partial charge in [-0.05, 0) is 41.3 Å². The van der Waals surface area contributed by atoms with E-state index < -0.39 is 0 Å².